The molecule has 0 saturated carbocycles. The van der Waals surface area contributed by atoms with Crippen LogP contribution in [0.1, 0.15) is 30.9 Å². The zero-order chi connectivity index (χ0) is 15.1. The van der Waals surface area contributed by atoms with E-state index in [9.17, 15) is 13.2 Å². The van der Waals surface area contributed by atoms with Gasteiger partial charge in [-0.15, -0.1) is 0 Å². The van der Waals surface area contributed by atoms with Crippen molar-refractivity contribution in [3.05, 3.63) is 34.3 Å². The molecular formula is C14H14ClF3N2. The first-order valence-electron chi connectivity index (χ1n) is 6.13. The van der Waals surface area contributed by atoms with Crippen LogP contribution >= 0.6 is 11.6 Å². The molecule has 0 bridgehead atoms. The molecule has 0 aliphatic heterocycles. The zero-order valence-electron chi connectivity index (χ0n) is 11.3. The lowest BCUT2D eigenvalue weighted by Gasteiger charge is -2.16. The molecule has 1 N–H and O–H groups in total. The molecule has 2 nitrogen and oxygen atoms in total. The second kappa shape index (κ2) is 5.13. The number of hydrogen-bond donors (Lipinski definition) is 1. The number of pyridine rings is 1. The fourth-order valence-corrected chi connectivity index (χ4v) is 2.35. The number of hydrogen-bond acceptors (Lipinski definition) is 2. The van der Waals surface area contributed by atoms with E-state index in [1.54, 1.807) is 13.1 Å². The molecule has 0 amide bonds. The van der Waals surface area contributed by atoms with E-state index in [2.05, 4.69) is 10.3 Å². The van der Waals surface area contributed by atoms with Gasteiger partial charge in [0, 0.05) is 17.5 Å². The van der Waals surface area contributed by atoms with Gasteiger partial charge < -0.3 is 5.32 Å². The van der Waals surface area contributed by atoms with Crippen molar-refractivity contribution in [2.45, 2.75) is 25.9 Å². The van der Waals surface area contributed by atoms with Crippen LogP contribution in [0, 0.1) is 0 Å². The van der Waals surface area contributed by atoms with Gasteiger partial charge in [-0.2, -0.15) is 13.2 Å². The van der Waals surface area contributed by atoms with Gasteiger partial charge in [0.2, 0.25) is 0 Å². The Morgan fingerprint density at radius 2 is 1.85 bits per heavy atom. The third kappa shape index (κ3) is 2.68. The summed E-state index contributed by atoms with van der Waals surface area (Å²) in [6.45, 7) is 3.91. The van der Waals surface area contributed by atoms with Crippen LogP contribution in [0.25, 0.3) is 10.9 Å². The number of nitrogens with one attached hydrogen (secondary N) is 1. The van der Waals surface area contributed by atoms with E-state index < -0.39 is 11.7 Å². The minimum absolute atomic E-state index is 0.0542. The van der Waals surface area contributed by atoms with Crippen molar-refractivity contribution < 1.29 is 13.2 Å². The number of alkyl halides is 3. The van der Waals surface area contributed by atoms with Gasteiger partial charge >= 0.3 is 6.18 Å². The molecule has 2 aromatic rings. The molecule has 1 aromatic heterocycles. The molecule has 0 radical (unpaired) electrons. The van der Waals surface area contributed by atoms with E-state index >= 15 is 0 Å². The molecule has 0 unspecified atom stereocenters. The van der Waals surface area contributed by atoms with Crippen LogP contribution in [-0.2, 0) is 6.18 Å². The van der Waals surface area contributed by atoms with Gasteiger partial charge in [-0.3, -0.25) is 0 Å². The second-order valence-corrected chi connectivity index (χ2v) is 5.29. The number of rotatable bonds is 2. The van der Waals surface area contributed by atoms with Crippen LogP contribution in [-0.4, -0.2) is 12.0 Å². The Morgan fingerprint density at radius 3 is 2.35 bits per heavy atom. The Morgan fingerprint density at radius 1 is 1.20 bits per heavy atom. The van der Waals surface area contributed by atoms with E-state index in [1.807, 2.05) is 13.8 Å². The maximum absolute atomic E-state index is 13.1. The quantitative estimate of drug-likeness (QED) is 0.837. The highest BCUT2D eigenvalue weighted by Gasteiger charge is 2.34. The number of nitrogens with zero attached hydrogens (tertiary/aromatic N) is 1. The normalized spacial score (nSPS) is 12.2. The standard InChI is InChI=1S/C14H14ClF3N2/c1-7(2)10-5-8-4-9(15)6-11(14(16,17)18)12(8)20-13(10)19-3/h4-7H,1-3H3,(H,19,20). The van der Waals surface area contributed by atoms with Crippen molar-refractivity contribution in [2.75, 3.05) is 12.4 Å². The van der Waals surface area contributed by atoms with Crippen molar-refractivity contribution in [3.8, 4) is 0 Å². The fraction of sp³-hybridized carbons (Fsp3) is 0.357. The van der Waals surface area contributed by atoms with Gasteiger partial charge in [-0.05, 0) is 29.7 Å². The van der Waals surface area contributed by atoms with Crippen molar-refractivity contribution in [1.82, 2.24) is 4.98 Å². The van der Waals surface area contributed by atoms with Crippen LogP contribution in [0.5, 0.6) is 0 Å². The third-order valence-electron chi connectivity index (χ3n) is 3.08. The Bertz CT molecular complexity index is 651. The lowest BCUT2D eigenvalue weighted by molar-refractivity contribution is -0.136. The highest BCUT2D eigenvalue weighted by molar-refractivity contribution is 6.31. The van der Waals surface area contributed by atoms with Gasteiger partial charge in [0.1, 0.15) is 5.82 Å². The number of anilines is 1. The summed E-state index contributed by atoms with van der Waals surface area (Å²) >= 11 is 5.79. The molecule has 1 aromatic carbocycles. The number of fused-ring (bicyclic) bond motifs is 1. The summed E-state index contributed by atoms with van der Waals surface area (Å²) in [4.78, 5) is 4.13. The second-order valence-electron chi connectivity index (χ2n) is 4.85. The fourth-order valence-electron chi connectivity index (χ4n) is 2.12. The molecule has 0 saturated heterocycles. The molecule has 20 heavy (non-hydrogen) atoms. The summed E-state index contributed by atoms with van der Waals surface area (Å²) in [5, 5.41) is 3.30. The van der Waals surface area contributed by atoms with Gasteiger partial charge in [0.05, 0.1) is 11.1 Å². The summed E-state index contributed by atoms with van der Waals surface area (Å²) < 4.78 is 39.2. The largest absolute Gasteiger partial charge is 0.418 e. The topological polar surface area (TPSA) is 24.9 Å². The van der Waals surface area contributed by atoms with E-state index in [1.165, 1.54) is 6.07 Å². The minimum atomic E-state index is -4.49. The Hall–Kier alpha value is -1.49. The molecule has 0 aliphatic carbocycles. The van der Waals surface area contributed by atoms with E-state index in [-0.39, 0.29) is 16.5 Å². The molecule has 0 atom stereocenters. The first-order chi connectivity index (χ1) is 9.24. The maximum Gasteiger partial charge on any atom is 0.418 e. The predicted octanol–water partition coefficient (Wildman–Crippen LogP) is 5.07. The average molecular weight is 303 g/mol. The van der Waals surface area contributed by atoms with Gasteiger partial charge in [0.15, 0.2) is 0 Å². The lowest BCUT2D eigenvalue weighted by Crippen LogP contribution is -2.09. The lowest BCUT2D eigenvalue weighted by atomic mass is 10.00. The molecule has 0 fully saturated rings. The van der Waals surface area contributed by atoms with E-state index in [4.69, 9.17) is 11.6 Å². The summed E-state index contributed by atoms with van der Waals surface area (Å²) in [6.07, 6.45) is -4.49. The Labute approximate surface area is 120 Å². The molecule has 1 heterocycles. The maximum atomic E-state index is 13.1. The molecule has 0 aliphatic rings. The van der Waals surface area contributed by atoms with Crippen molar-refractivity contribution in [2.24, 2.45) is 0 Å². The molecule has 108 valence electrons. The average Bonchev–Trinajstić information content (AvgIpc) is 2.34. The van der Waals surface area contributed by atoms with Crippen molar-refractivity contribution in [3.63, 3.8) is 0 Å². The van der Waals surface area contributed by atoms with Crippen LogP contribution in [0.2, 0.25) is 5.02 Å². The van der Waals surface area contributed by atoms with Gasteiger partial charge in [-0.1, -0.05) is 25.4 Å². The molecule has 6 heteroatoms. The Balaban J connectivity index is 2.84. The van der Waals surface area contributed by atoms with Crippen LogP contribution in [0.15, 0.2) is 18.2 Å². The SMILES string of the molecule is CNc1nc2c(C(F)(F)F)cc(Cl)cc2cc1C(C)C. The summed E-state index contributed by atoms with van der Waals surface area (Å²) in [5.74, 6) is 0.600. The molecule has 0 spiro atoms. The van der Waals surface area contributed by atoms with E-state index in [0.717, 1.165) is 11.6 Å². The first kappa shape index (κ1) is 14.9. The third-order valence-corrected chi connectivity index (χ3v) is 3.29. The van der Waals surface area contributed by atoms with E-state index in [0.29, 0.717) is 11.2 Å². The monoisotopic (exact) mass is 302 g/mol. The van der Waals surface area contributed by atoms with Crippen molar-refractivity contribution >= 4 is 28.3 Å². The highest BCUT2D eigenvalue weighted by atomic mass is 35.5. The van der Waals surface area contributed by atoms with Crippen LogP contribution < -0.4 is 5.32 Å². The number of halogens is 4. The molecule has 2 rings (SSSR count). The van der Waals surface area contributed by atoms with Gasteiger partial charge in [0.25, 0.3) is 0 Å². The van der Waals surface area contributed by atoms with Crippen LogP contribution in [0.3, 0.4) is 0 Å². The smallest absolute Gasteiger partial charge is 0.373 e. The van der Waals surface area contributed by atoms with Crippen molar-refractivity contribution in [1.29, 1.82) is 0 Å². The summed E-state index contributed by atoms with van der Waals surface area (Å²) in [6, 6.07) is 4.12. The van der Waals surface area contributed by atoms with Crippen LogP contribution in [0.4, 0.5) is 19.0 Å². The molecular weight excluding hydrogens is 289 g/mol. The minimum Gasteiger partial charge on any atom is -0.373 e. The number of aromatic nitrogens is 1. The summed E-state index contributed by atoms with van der Waals surface area (Å²) in [7, 11) is 1.64. The predicted molar refractivity (Wildman–Crippen MR) is 75.4 cm³/mol. The number of benzene rings is 1. The van der Waals surface area contributed by atoms with Gasteiger partial charge in [-0.25, -0.2) is 4.98 Å². The zero-order valence-corrected chi connectivity index (χ0v) is 12.0. The first-order valence-corrected chi connectivity index (χ1v) is 6.51. The highest BCUT2D eigenvalue weighted by Crippen LogP contribution is 2.38. The summed E-state index contributed by atoms with van der Waals surface area (Å²) in [5.41, 5.74) is -0.0437. The Kier molecular flexibility index (Phi) is 3.82.